The average molecular weight is 383 g/mol. The number of hydrogen-bond donors (Lipinski definition) is 3. The van der Waals surface area contributed by atoms with E-state index in [1.165, 1.54) is 44.7 Å². The van der Waals surface area contributed by atoms with Crippen LogP contribution in [0.3, 0.4) is 0 Å². The van der Waals surface area contributed by atoms with E-state index in [-0.39, 0.29) is 5.82 Å². The lowest BCUT2D eigenvalue weighted by atomic mass is 9.91. The fourth-order valence-corrected chi connectivity index (χ4v) is 4.83. The highest BCUT2D eigenvalue weighted by Gasteiger charge is 2.22. The van der Waals surface area contributed by atoms with Gasteiger partial charge in [0.1, 0.15) is 5.82 Å². The number of aromatic amines is 2. The Bertz CT molecular complexity index is 1360. The molecule has 0 fully saturated rings. The van der Waals surface area contributed by atoms with Crippen LogP contribution in [0.4, 0.5) is 4.39 Å². The third-order valence-electron chi connectivity index (χ3n) is 6.32. The fourth-order valence-electron chi connectivity index (χ4n) is 4.83. The van der Waals surface area contributed by atoms with Crippen LogP contribution >= 0.6 is 0 Å². The first-order valence-corrected chi connectivity index (χ1v) is 10.3. The molecule has 1 atom stereocenters. The van der Waals surface area contributed by atoms with E-state index >= 15 is 0 Å². The van der Waals surface area contributed by atoms with Crippen molar-refractivity contribution in [3.8, 4) is 0 Å². The molecule has 3 aromatic carbocycles. The molecule has 4 heteroatoms. The second kappa shape index (κ2) is 6.46. The normalized spacial score (nSPS) is 16.7. The minimum absolute atomic E-state index is 0.165. The smallest absolute Gasteiger partial charge is 0.123 e. The summed E-state index contributed by atoms with van der Waals surface area (Å²) in [6.45, 7) is 0.839. The topological polar surface area (TPSA) is 43.6 Å². The van der Waals surface area contributed by atoms with Gasteiger partial charge in [0.05, 0.1) is 0 Å². The van der Waals surface area contributed by atoms with Gasteiger partial charge in [0.2, 0.25) is 0 Å². The van der Waals surface area contributed by atoms with Gasteiger partial charge in [0.15, 0.2) is 0 Å². The molecule has 0 amide bonds. The molecule has 2 aromatic heterocycles. The standard InChI is InChI=1S/C25H22FN3/c26-16-6-9-24-20(12-16)21-13-17(7-10-25(21)29-24)27-14-15-5-8-23-19(11-15)18-3-1-2-4-22(18)28-23/h1-6,8-9,11-12,17,27-29H,7,10,13-14H2/t17-/m0/s1. The van der Waals surface area contributed by atoms with Crippen molar-refractivity contribution in [1.82, 2.24) is 15.3 Å². The molecule has 0 saturated carbocycles. The molecule has 1 aliphatic rings. The van der Waals surface area contributed by atoms with Crippen LogP contribution in [-0.2, 0) is 19.4 Å². The van der Waals surface area contributed by atoms with Crippen LogP contribution in [0.2, 0.25) is 0 Å². The third kappa shape index (κ3) is 2.83. The Hall–Kier alpha value is -3.11. The molecule has 0 saturated heterocycles. The highest BCUT2D eigenvalue weighted by molar-refractivity contribution is 6.07. The minimum Gasteiger partial charge on any atom is -0.358 e. The molecule has 2 heterocycles. The first kappa shape index (κ1) is 16.8. The molecular weight excluding hydrogens is 361 g/mol. The highest BCUT2D eigenvalue weighted by atomic mass is 19.1. The van der Waals surface area contributed by atoms with Gasteiger partial charge in [0.25, 0.3) is 0 Å². The number of rotatable bonds is 3. The molecule has 0 spiro atoms. The van der Waals surface area contributed by atoms with Crippen molar-refractivity contribution < 1.29 is 4.39 Å². The zero-order valence-electron chi connectivity index (χ0n) is 16.1. The minimum atomic E-state index is -0.165. The summed E-state index contributed by atoms with van der Waals surface area (Å²) in [7, 11) is 0. The summed E-state index contributed by atoms with van der Waals surface area (Å²) in [6.07, 6.45) is 3.04. The van der Waals surface area contributed by atoms with Crippen LogP contribution in [0, 0.1) is 5.82 Å². The Morgan fingerprint density at radius 3 is 2.66 bits per heavy atom. The van der Waals surface area contributed by atoms with E-state index in [1.54, 1.807) is 6.07 Å². The predicted molar refractivity (Wildman–Crippen MR) is 117 cm³/mol. The number of para-hydroxylation sites is 1. The molecule has 0 aliphatic heterocycles. The van der Waals surface area contributed by atoms with Crippen LogP contribution < -0.4 is 5.32 Å². The van der Waals surface area contributed by atoms with Gasteiger partial charge >= 0.3 is 0 Å². The summed E-state index contributed by atoms with van der Waals surface area (Å²) in [5.74, 6) is -0.165. The molecule has 5 aromatic rings. The van der Waals surface area contributed by atoms with Crippen molar-refractivity contribution in [2.45, 2.75) is 31.8 Å². The number of hydrogen-bond acceptors (Lipinski definition) is 1. The molecular formula is C25H22FN3. The molecule has 0 bridgehead atoms. The number of fused-ring (bicyclic) bond motifs is 6. The number of benzene rings is 3. The maximum absolute atomic E-state index is 13.7. The molecule has 144 valence electrons. The van der Waals surface area contributed by atoms with Gasteiger partial charge < -0.3 is 15.3 Å². The molecule has 3 nitrogen and oxygen atoms in total. The van der Waals surface area contributed by atoms with E-state index in [0.717, 1.165) is 36.7 Å². The number of nitrogens with one attached hydrogen (secondary N) is 3. The van der Waals surface area contributed by atoms with Gasteiger partial charge in [-0.25, -0.2) is 4.39 Å². The van der Waals surface area contributed by atoms with Gasteiger partial charge in [-0.1, -0.05) is 24.3 Å². The first-order valence-electron chi connectivity index (χ1n) is 10.3. The Balaban J connectivity index is 1.24. The van der Waals surface area contributed by atoms with Crippen LogP contribution in [0.5, 0.6) is 0 Å². The Kier molecular flexibility index (Phi) is 3.74. The van der Waals surface area contributed by atoms with Crippen molar-refractivity contribution in [3.05, 3.63) is 83.3 Å². The number of aromatic nitrogens is 2. The Labute approximate surface area is 167 Å². The average Bonchev–Trinajstić information content (AvgIpc) is 3.29. The van der Waals surface area contributed by atoms with Crippen molar-refractivity contribution in [2.24, 2.45) is 0 Å². The predicted octanol–water partition coefficient (Wildman–Crippen LogP) is 5.59. The largest absolute Gasteiger partial charge is 0.358 e. The summed E-state index contributed by atoms with van der Waals surface area (Å²) in [5.41, 5.74) is 7.23. The SMILES string of the molecule is Fc1ccc2[nH]c3c(c2c1)C[C@@H](NCc1ccc2[nH]c4ccccc4c2c1)CC3. The lowest BCUT2D eigenvalue weighted by Gasteiger charge is -2.24. The molecule has 6 rings (SSSR count). The quantitative estimate of drug-likeness (QED) is 0.374. The van der Waals surface area contributed by atoms with Crippen LogP contribution in [0.25, 0.3) is 32.7 Å². The van der Waals surface area contributed by atoms with Gasteiger partial charge in [-0.3, -0.25) is 0 Å². The summed E-state index contributed by atoms with van der Waals surface area (Å²) in [6, 6.07) is 20.5. The van der Waals surface area contributed by atoms with Crippen molar-refractivity contribution in [2.75, 3.05) is 0 Å². The van der Waals surface area contributed by atoms with E-state index in [0.29, 0.717) is 6.04 Å². The number of H-pyrrole nitrogens is 2. The van der Waals surface area contributed by atoms with E-state index < -0.39 is 0 Å². The molecule has 0 radical (unpaired) electrons. The van der Waals surface area contributed by atoms with E-state index in [9.17, 15) is 4.39 Å². The third-order valence-corrected chi connectivity index (χ3v) is 6.32. The van der Waals surface area contributed by atoms with Crippen molar-refractivity contribution in [1.29, 1.82) is 0 Å². The molecule has 0 unspecified atom stereocenters. The van der Waals surface area contributed by atoms with Gasteiger partial charge in [-0.05, 0) is 66.8 Å². The second-order valence-electron chi connectivity index (χ2n) is 8.14. The number of halogens is 1. The lowest BCUT2D eigenvalue weighted by molar-refractivity contribution is 0.457. The summed E-state index contributed by atoms with van der Waals surface area (Å²) >= 11 is 0. The monoisotopic (exact) mass is 383 g/mol. The summed E-state index contributed by atoms with van der Waals surface area (Å²) < 4.78 is 13.7. The first-order chi connectivity index (χ1) is 14.2. The van der Waals surface area contributed by atoms with E-state index in [2.05, 4.69) is 57.7 Å². The Morgan fingerprint density at radius 1 is 0.862 bits per heavy atom. The summed E-state index contributed by atoms with van der Waals surface area (Å²) in [4.78, 5) is 6.96. The van der Waals surface area contributed by atoms with E-state index in [1.807, 2.05) is 6.07 Å². The maximum Gasteiger partial charge on any atom is 0.123 e. The van der Waals surface area contributed by atoms with Crippen molar-refractivity contribution in [3.63, 3.8) is 0 Å². The molecule has 1 aliphatic carbocycles. The van der Waals surface area contributed by atoms with Crippen LogP contribution in [0.15, 0.2) is 60.7 Å². The fraction of sp³-hybridized carbons (Fsp3) is 0.200. The number of aryl methyl sites for hydroxylation is 1. The van der Waals surface area contributed by atoms with Crippen LogP contribution in [-0.4, -0.2) is 16.0 Å². The zero-order valence-corrected chi connectivity index (χ0v) is 16.1. The van der Waals surface area contributed by atoms with Gasteiger partial charge in [-0.2, -0.15) is 0 Å². The maximum atomic E-state index is 13.7. The molecule has 3 N–H and O–H groups in total. The highest BCUT2D eigenvalue weighted by Crippen LogP contribution is 2.30. The summed E-state index contributed by atoms with van der Waals surface area (Å²) in [5, 5.41) is 7.32. The van der Waals surface area contributed by atoms with Crippen LogP contribution in [0.1, 0.15) is 23.2 Å². The second-order valence-corrected chi connectivity index (χ2v) is 8.14. The zero-order chi connectivity index (χ0) is 19.4. The van der Waals surface area contributed by atoms with Crippen molar-refractivity contribution >= 4 is 32.7 Å². The lowest BCUT2D eigenvalue weighted by Crippen LogP contribution is -2.33. The molecule has 29 heavy (non-hydrogen) atoms. The van der Waals surface area contributed by atoms with E-state index in [4.69, 9.17) is 0 Å². The van der Waals surface area contributed by atoms with Gasteiger partial charge in [-0.15, -0.1) is 0 Å². The Morgan fingerprint density at radius 2 is 1.69 bits per heavy atom. The van der Waals surface area contributed by atoms with Gasteiger partial charge in [0, 0.05) is 51.0 Å².